The summed E-state index contributed by atoms with van der Waals surface area (Å²) in [5, 5.41) is 0. The van der Waals surface area contributed by atoms with Gasteiger partial charge in [-0.05, 0) is 58.2 Å². The Bertz CT molecular complexity index is 572. The summed E-state index contributed by atoms with van der Waals surface area (Å²) in [6.45, 7) is 2.36. The van der Waals surface area contributed by atoms with E-state index in [2.05, 4.69) is 15.9 Å². The molecule has 0 fully saturated rings. The topological polar surface area (TPSA) is 35.2 Å². The molecule has 18 heavy (non-hydrogen) atoms. The van der Waals surface area contributed by atoms with Crippen LogP contribution in [0.4, 0.5) is 10.1 Å². The van der Waals surface area contributed by atoms with Crippen LogP contribution in [0.3, 0.4) is 0 Å². The predicted octanol–water partition coefficient (Wildman–Crippen LogP) is 4.06. The molecule has 2 aromatic rings. The van der Waals surface area contributed by atoms with Crippen molar-refractivity contribution in [2.75, 3.05) is 5.73 Å². The molecule has 0 atom stereocenters. The third-order valence-electron chi connectivity index (χ3n) is 2.76. The van der Waals surface area contributed by atoms with Gasteiger partial charge in [-0.3, -0.25) is 0 Å². The van der Waals surface area contributed by atoms with Gasteiger partial charge in [0.05, 0.1) is 4.47 Å². The van der Waals surface area contributed by atoms with E-state index >= 15 is 0 Å². The van der Waals surface area contributed by atoms with Crippen molar-refractivity contribution in [2.45, 2.75) is 13.5 Å². The molecule has 0 unspecified atom stereocenters. The summed E-state index contributed by atoms with van der Waals surface area (Å²) in [7, 11) is 0. The molecule has 94 valence electrons. The van der Waals surface area contributed by atoms with E-state index in [0.29, 0.717) is 16.8 Å². The van der Waals surface area contributed by atoms with Gasteiger partial charge < -0.3 is 10.5 Å². The molecular weight excluding hydrogens is 297 g/mol. The van der Waals surface area contributed by atoms with Crippen molar-refractivity contribution in [3.63, 3.8) is 0 Å². The van der Waals surface area contributed by atoms with E-state index in [0.717, 1.165) is 16.8 Å². The number of nitrogens with two attached hydrogens (primary N) is 1. The standard InChI is InChI=1S/C14H13BrFNO/c1-9-10(3-2-4-13(9)17)8-18-14-6-5-11(16)7-12(14)15/h2-7H,8,17H2,1H3. The molecule has 0 aliphatic heterocycles. The van der Waals surface area contributed by atoms with Crippen LogP contribution in [-0.4, -0.2) is 0 Å². The lowest BCUT2D eigenvalue weighted by Crippen LogP contribution is -2.01. The Kier molecular flexibility index (Phi) is 3.87. The lowest BCUT2D eigenvalue weighted by Gasteiger charge is -2.11. The van der Waals surface area contributed by atoms with E-state index in [9.17, 15) is 4.39 Å². The zero-order valence-corrected chi connectivity index (χ0v) is 11.5. The zero-order valence-electron chi connectivity index (χ0n) is 9.91. The summed E-state index contributed by atoms with van der Waals surface area (Å²) in [5.74, 6) is 0.313. The molecule has 2 rings (SSSR count). The molecular formula is C14H13BrFNO. The Morgan fingerprint density at radius 3 is 2.78 bits per heavy atom. The van der Waals surface area contributed by atoms with Gasteiger partial charge in [-0.1, -0.05) is 12.1 Å². The molecule has 0 aliphatic rings. The molecule has 2 nitrogen and oxygen atoms in total. The van der Waals surface area contributed by atoms with Crippen LogP contribution in [0.1, 0.15) is 11.1 Å². The Morgan fingerprint density at radius 1 is 1.28 bits per heavy atom. The Balaban J connectivity index is 2.14. The van der Waals surface area contributed by atoms with E-state index in [1.165, 1.54) is 12.1 Å². The largest absolute Gasteiger partial charge is 0.488 e. The molecule has 0 aromatic heterocycles. The maximum Gasteiger partial charge on any atom is 0.134 e. The van der Waals surface area contributed by atoms with Crippen LogP contribution >= 0.6 is 15.9 Å². The summed E-state index contributed by atoms with van der Waals surface area (Å²) >= 11 is 3.26. The highest BCUT2D eigenvalue weighted by molar-refractivity contribution is 9.10. The maximum absolute atomic E-state index is 12.9. The van der Waals surface area contributed by atoms with Crippen LogP contribution in [0, 0.1) is 12.7 Å². The number of anilines is 1. The quantitative estimate of drug-likeness (QED) is 0.868. The van der Waals surface area contributed by atoms with Gasteiger partial charge in [-0.2, -0.15) is 0 Å². The van der Waals surface area contributed by atoms with Gasteiger partial charge in [0, 0.05) is 5.69 Å². The summed E-state index contributed by atoms with van der Waals surface area (Å²) < 4.78 is 19.2. The molecule has 2 N–H and O–H groups in total. The molecule has 0 spiro atoms. The average molecular weight is 310 g/mol. The first-order valence-corrected chi connectivity index (χ1v) is 6.29. The van der Waals surface area contributed by atoms with E-state index in [1.807, 2.05) is 25.1 Å². The Hall–Kier alpha value is -1.55. The fourth-order valence-corrected chi connectivity index (χ4v) is 2.07. The van der Waals surface area contributed by atoms with Crippen molar-refractivity contribution in [1.82, 2.24) is 0 Å². The van der Waals surface area contributed by atoms with Crippen molar-refractivity contribution in [2.24, 2.45) is 0 Å². The highest BCUT2D eigenvalue weighted by Crippen LogP contribution is 2.27. The van der Waals surface area contributed by atoms with Crippen molar-refractivity contribution in [3.8, 4) is 5.75 Å². The predicted molar refractivity (Wildman–Crippen MR) is 74.0 cm³/mol. The maximum atomic E-state index is 12.9. The number of benzene rings is 2. The first-order valence-electron chi connectivity index (χ1n) is 5.50. The second-order valence-corrected chi connectivity index (χ2v) is 4.85. The highest BCUT2D eigenvalue weighted by atomic mass is 79.9. The van der Waals surface area contributed by atoms with Gasteiger partial charge >= 0.3 is 0 Å². The molecule has 0 radical (unpaired) electrons. The molecule has 0 saturated heterocycles. The number of hydrogen-bond acceptors (Lipinski definition) is 2. The van der Waals surface area contributed by atoms with Crippen LogP contribution in [0.2, 0.25) is 0 Å². The first-order chi connectivity index (χ1) is 8.58. The smallest absolute Gasteiger partial charge is 0.134 e. The van der Waals surface area contributed by atoms with E-state index in [1.54, 1.807) is 6.07 Å². The minimum absolute atomic E-state index is 0.297. The SMILES string of the molecule is Cc1c(N)cccc1COc1ccc(F)cc1Br. The zero-order chi connectivity index (χ0) is 13.1. The number of halogens is 2. The van der Waals surface area contributed by atoms with Gasteiger partial charge in [0.1, 0.15) is 18.2 Å². The summed E-state index contributed by atoms with van der Waals surface area (Å²) in [5.41, 5.74) is 8.60. The van der Waals surface area contributed by atoms with Gasteiger partial charge in [0.2, 0.25) is 0 Å². The van der Waals surface area contributed by atoms with E-state index < -0.39 is 0 Å². The Labute approximate surface area is 114 Å². The summed E-state index contributed by atoms with van der Waals surface area (Å²) in [6.07, 6.45) is 0. The monoisotopic (exact) mass is 309 g/mol. The lowest BCUT2D eigenvalue weighted by atomic mass is 10.1. The molecule has 4 heteroatoms. The van der Waals surface area contributed by atoms with Crippen LogP contribution in [0.25, 0.3) is 0 Å². The minimum atomic E-state index is -0.297. The molecule has 0 heterocycles. The van der Waals surface area contributed by atoms with Crippen molar-refractivity contribution in [1.29, 1.82) is 0 Å². The third kappa shape index (κ3) is 2.82. The van der Waals surface area contributed by atoms with Crippen LogP contribution in [0.5, 0.6) is 5.75 Å². The van der Waals surface area contributed by atoms with Gasteiger partial charge in [0.25, 0.3) is 0 Å². The highest BCUT2D eigenvalue weighted by Gasteiger charge is 2.05. The lowest BCUT2D eigenvalue weighted by molar-refractivity contribution is 0.303. The van der Waals surface area contributed by atoms with E-state index in [-0.39, 0.29) is 5.82 Å². The number of hydrogen-bond donors (Lipinski definition) is 1. The minimum Gasteiger partial charge on any atom is -0.488 e. The van der Waals surface area contributed by atoms with E-state index in [4.69, 9.17) is 10.5 Å². The average Bonchev–Trinajstić information content (AvgIpc) is 2.33. The normalized spacial score (nSPS) is 10.4. The first kappa shape index (κ1) is 12.9. The number of rotatable bonds is 3. The summed E-state index contributed by atoms with van der Waals surface area (Å²) in [6, 6.07) is 10.0. The second-order valence-electron chi connectivity index (χ2n) is 3.99. The molecule has 0 amide bonds. The van der Waals surface area contributed by atoms with Crippen LogP contribution < -0.4 is 10.5 Å². The molecule has 0 saturated carbocycles. The molecule has 0 aliphatic carbocycles. The van der Waals surface area contributed by atoms with Crippen molar-refractivity contribution < 1.29 is 9.13 Å². The van der Waals surface area contributed by atoms with Crippen LogP contribution in [-0.2, 0) is 6.61 Å². The van der Waals surface area contributed by atoms with Crippen LogP contribution in [0.15, 0.2) is 40.9 Å². The summed E-state index contributed by atoms with van der Waals surface area (Å²) in [4.78, 5) is 0. The van der Waals surface area contributed by atoms with Gasteiger partial charge in [-0.25, -0.2) is 4.39 Å². The molecule has 0 bridgehead atoms. The molecule has 2 aromatic carbocycles. The number of nitrogen functional groups attached to an aromatic ring is 1. The second kappa shape index (κ2) is 5.40. The fourth-order valence-electron chi connectivity index (χ4n) is 1.61. The van der Waals surface area contributed by atoms with Crippen molar-refractivity contribution >= 4 is 21.6 Å². The van der Waals surface area contributed by atoms with Gasteiger partial charge in [0.15, 0.2) is 0 Å². The third-order valence-corrected chi connectivity index (χ3v) is 3.38. The van der Waals surface area contributed by atoms with Gasteiger partial charge in [-0.15, -0.1) is 0 Å². The number of ether oxygens (including phenoxy) is 1. The Morgan fingerprint density at radius 2 is 2.06 bits per heavy atom. The fraction of sp³-hybridized carbons (Fsp3) is 0.143. The van der Waals surface area contributed by atoms with Crippen molar-refractivity contribution in [3.05, 3.63) is 57.8 Å².